The maximum atomic E-state index is 11.0. The standard InChI is InChI=1S/C19H22ClN5O2/c20-15-5-3-14(4-6-15)12-25-9-1-2-17(13-25)23-18-11-21-16(10-22-18)7-8-19(26)24-27/h3-8,10-11,17,27H,1-2,9,12-13H2,(H,22,23)(H,24,26)/t17-/m1/s1. The van der Waals surface area contributed by atoms with Crippen LogP contribution in [0.3, 0.4) is 0 Å². The zero-order chi connectivity index (χ0) is 19.1. The van der Waals surface area contributed by atoms with Crippen molar-refractivity contribution >= 4 is 29.4 Å². The number of hydrogen-bond donors (Lipinski definition) is 3. The molecule has 142 valence electrons. The Kier molecular flexibility index (Phi) is 6.75. The number of likely N-dealkylation sites (tertiary alicyclic amines) is 1. The molecule has 3 rings (SSSR count). The first-order valence-corrected chi connectivity index (χ1v) is 9.18. The third-order valence-electron chi connectivity index (χ3n) is 4.36. The van der Waals surface area contributed by atoms with Crippen LogP contribution in [0.4, 0.5) is 5.82 Å². The molecule has 0 unspecified atom stereocenters. The van der Waals surface area contributed by atoms with Gasteiger partial charge in [-0.2, -0.15) is 0 Å². The molecule has 1 fully saturated rings. The van der Waals surface area contributed by atoms with Crippen molar-refractivity contribution in [2.45, 2.75) is 25.4 Å². The first-order valence-electron chi connectivity index (χ1n) is 8.80. The third kappa shape index (κ3) is 6.02. The summed E-state index contributed by atoms with van der Waals surface area (Å²) in [5, 5.41) is 12.6. The number of carbonyl (C=O) groups is 1. The third-order valence-corrected chi connectivity index (χ3v) is 4.62. The van der Waals surface area contributed by atoms with Crippen molar-refractivity contribution < 1.29 is 10.0 Å². The van der Waals surface area contributed by atoms with Gasteiger partial charge in [0.05, 0.1) is 18.1 Å². The van der Waals surface area contributed by atoms with Crippen molar-refractivity contribution in [2.75, 3.05) is 18.4 Å². The molecule has 0 radical (unpaired) electrons. The molecule has 0 aliphatic carbocycles. The van der Waals surface area contributed by atoms with E-state index < -0.39 is 5.91 Å². The Bertz CT molecular complexity index is 780. The Labute approximate surface area is 163 Å². The van der Waals surface area contributed by atoms with Crippen LogP contribution in [0.15, 0.2) is 42.7 Å². The number of nitrogens with zero attached hydrogens (tertiary/aromatic N) is 3. The zero-order valence-electron chi connectivity index (χ0n) is 14.8. The number of anilines is 1. The molecule has 1 amide bonds. The molecule has 2 aromatic rings. The van der Waals surface area contributed by atoms with Crippen LogP contribution < -0.4 is 10.8 Å². The predicted molar refractivity (Wildman–Crippen MR) is 104 cm³/mol. The largest absolute Gasteiger partial charge is 0.365 e. The number of amides is 1. The van der Waals surface area contributed by atoms with Crippen LogP contribution >= 0.6 is 11.6 Å². The lowest BCUT2D eigenvalue weighted by Gasteiger charge is -2.33. The van der Waals surface area contributed by atoms with Crippen molar-refractivity contribution in [1.82, 2.24) is 20.3 Å². The van der Waals surface area contributed by atoms with Crippen molar-refractivity contribution in [2.24, 2.45) is 0 Å². The zero-order valence-corrected chi connectivity index (χ0v) is 15.6. The van der Waals surface area contributed by atoms with Gasteiger partial charge in [0, 0.05) is 30.2 Å². The number of hydroxylamine groups is 1. The first kappa shape index (κ1) is 19.3. The van der Waals surface area contributed by atoms with Gasteiger partial charge < -0.3 is 5.32 Å². The summed E-state index contributed by atoms with van der Waals surface area (Å²) in [6, 6.07) is 8.28. The minimum atomic E-state index is -0.609. The quantitative estimate of drug-likeness (QED) is 0.401. The highest BCUT2D eigenvalue weighted by atomic mass is 35.5. The average molecular weight is 388 g/mol. The number of benzene rings is 1. The summed E-state index contributed by atoms with van der Waals surface area (Å²) in [5.41, 5.74) is 3.32. The molecule has 1 aromatic carbocycles. The second-order valence-corrected chi connectivity index (χ2v) is 6.92. The lowest BCUT2D eigenvalue weighted by molar-refractivity contribution is -0.124. The van der Waals surface area contributed by atoms with Gasteiger partial charge in [-0.25, -0.2) is 10.5 Å². The molecule has 1 atom stereocenters. The van der Waals surface area contributed by atoms with Gasteiger partial charge in [-0.15, -0.1) is 0 Å². The lowest BCUT2D eigenvalue weighted by Crippen LogP contribution is -2.41. The number of aromatic nitrogens is 2. The summed E-state index contributed by atoms with van der Waals surface area (Å²) in [6.45, 7) is 2.91. The van der Waals surface area contributed by atoms with E-state index in [1.54, 1.807) is 12.4 Å². The minimum absolute atomic E-state index is 0.307. The highest BCUT2D eigenvalue weighted by molar-refractivity contribution is 6.30. The van der Waals surface area contributed by atoms with Crippen LogP contribution in [0.5, 0.6) is 0 Å². The van der Waals surface area contributed by atoms with Crippen molar-refractivity contribution in [3.05, 3.63) is 59.0 Å². The number of rotatable bonds is 6. The number of halogens is 1. The van der Waals surface area contributed by atoms with E-state index in [1.165, 1.54) is 23.2 Å². The fraction of sp³-hybridized carbons (Fsp3) is 0.316. The topological polar surface area (TPSA) is 90.4 Å². The van der Waals surface area contributed by atoms with Crippen LogP contribution in [0, 0.1) is 0 Å². The van der Waals surface area contributed by atoms with Gasteiger partial charge in [-0.1, -0.05) is 23.7 Å². The molecule has 2 heterocycles. The maximum Gasteiger partial charge on any atom is 0.267 e. The van der Waals surface area contributed by atoms with Gasteiger partial charge in [0.2, 0.25) is 0 Å². The van der Waals surface area contributed by atoms with E-state index in [0.29, 0.717) is 17.6 Å². The molecule has 1 aliphatic rings. The maximum absolute atomic E-state index is 11.0. The fourth-order valence-electron chi connectivity index (χ4n) is 3.07. The Balaban J connectivity index is 1.53. The molecule has 0 saturated carbocycles. The molecule has 1 aliphatic heterocycles. The van der Waals surface area contributed by atoms with Crippen LogP contribution in [-0.4, -0.2) is 45.1 Å². The summed E-state index contributed by atoms with van der Waals surface area (Å²) < 4.78 is 0. The van der Waals surface area contributed by atoms with Crippen LogP contribution in [0.25, 0.3) is 6.08 Å². The molecule has 7 nitrogen and oxygen atoms in total. The highest BCUT2D eigenvalue weighted by Gasteiger charge is 2.20. The summed E-state index contributed by atoms with van der Waals surface area (Å²) >= 11 is 5.95. The number of piperidine rings is 1. The smallest absolute Gasteiger partial charge is 0.267 e. The van der Waals surface area contributed by atoms with E-state index in [0.717, 1.165) is 37.5 Å². The molecule has 0 spiro atoms. The van der Waals surface area contributed by atoms with Crippen LogP contribution in [-0.2, 0) is 11.3 Å². The Morgan fingerprint density at radius 1 is 1.30 bits per heavy atom. The Morgan fingerprint density at radius 2 is 2.11 bits per heavy atom. The summed E-state index contributed by atoms with van der Waals surface area (Å²) in [5.74, 6) is 0.0964. The molecule has 8 heteroatoms. The second-order valence-electron chi connectivity index (χ2n) is 6.48. The number of carbonyl (C=O) groups excluding carboxylic acids is 1. The summed E-state index contributed by atoms with van der Waals surface area (Å²) in [7, 11) is 0. The minimum Gasteiger partial charge on any atom is -0.365 e. The van der Waals surface area contributed by atoms with Crippen molar-refractivity contribution in [3.63, 3.8) is 0 Å². The van der Waals surface area contributed by atoms with Gasteiger partial charge in [-0.3, -0.25) is 19.9 Å². The molecule has 1 saturated heterocycles. The highest BCUT2D eigenvalue weighted by Crippen LogP contribution is 2.18. The number of nitrogens with one attached hydrogen (secondary N) is 2. The van der Waals surface area contributed by atoms with E-state index in [1.807, 2.05) is 12.1 Å². The van der Waals surface area contributed by atoms with E-state index in [-0.39, 0.29) is 0 Å². The lowest BCUT2D eigenvalue weighted by atomic mass is 10.0. The molecule has 27 heavy (non-hydrogen) atoms. The normalized spacial score (nSPS) is 17.8. The van der Waals surface area contributed by atoms with Gasteiger partial charge >= 0.3 is 0 Å². The van der Waals surface area contributed by atoms with Crippen LogP contribution in [0.2, 0.25) is 5.02 Å². The van der Waals surface area contributed by atoms with E-state index >= 15 is 0 Å². The van der Waals surface area contributed by atoms with Gasteiger partial charge in [0.15, 0.2) is 0 Å². The van der Waals surface area contributed by atoms with Crippen LogP contribution in [0.1, 0.15) is 24.1 Å². The molecule has 3 N–H and O–H groups in total. The Hall–Kier alpha value is -2.48. The molecular formula is C19H22ClN5O2. The average Bonchev–Trinajstić information content (AvgIpc) is 2.69. The van der Waals surface area contributed by atoms with E-state index in [2.05, 4.69) is 32.3 Å². The molecular weight excluding hydrogens is 366 g/mol. The van der Waals surface area contributed by atoms with Crippen molar-refractivity contribution in [3.8, 4) is 0 Å². The molecule has 0 bridgehead atoms. The predicted octanol–water partition coefficient (Wildman–Crippen LogP) is 2.73. The molecule has 1 aromatic heterocycles. The second kappa shape index (κ2) is 9.45. The Morgan fingerprint density at radius 3 is 2.81 bits per heavy atom. The van der Waals surface area contributed by atoms with Gasteiger partial charge in [0.25, 0.3) is 5.91 Å². The fourth-order valence-corrected chi connectivity index (χ4v) is 3.20. The SMILES string of the molecule is O=C(C=Cc1cnc(N[C@@H]2CCCN(Cc3ccc(Cl)cc3)C2)cn1)NO. The summed E-state index contributed by atoms with van der Waals surface area (Å²) in [6.07, 6.45) is 8.10. The van der Waals surface area contributed by atoms with E-state index in [4.69, 9.17) is 16.8 Å². The monoisotopic (exact) mass is 387 g/mol. The van der Waals surface area contributed by atoms with Crippen molar-refractivity contribution in [1.29, 1.82) is 0 Å². The summed E-state index contributed by atoms with van der Waals surface area (Å²) in [4.78, 5) is 22.0. The first-order chi connectivity index (χ1) is 13.1. The van der Waals surface area contributed by atoms with Gasteiger partial charge in [-0.05, 0) is 43.2 Å². The van der Waals surface area contributed by atoms with Gasteiger partial charge in [0.1, 0.15) is 5.82 Å². The van der Waals surface area contributed by atoms with E-state index in [9.17, 15) is 4.79 Å². The number of hydrogen-bond acceptors (Lipinski definition) is 6.